The lowest BCUT2D eigenvalue weighted by Crippen LogP contribution is -2.54. The molecule has 0 bridgehead atoms. The van der Waals surface area contributed by atoms with Crippen molar-refractivity contribution in [2.75, 3.05) is 14.7 Å². The van der Waals surface area contributed by atoms with E-state index in [2.05, 4.69) is 271 Å². The van der Waals surface area contributed by atoms with E-state index >= 15 is 0 Å². The molecule has 0 N–H and O–H groups in total. The summed E-state index contributed by atoms with van der Waals surface area (Å²) in [5.74, 6) is 0. The van der Waals surface area contributed by atoms with E-state index in [1.807, 2.05) is 0 Å². The van der Waals surface area contributed by atoms with Crippen LogP contribution in [0.1, 0.15) is 152 Å². The number of para-hydroxylation sites is 3. The third-order valence-electron chi connectivity index (χ3n) is 26.7. The first-order valence-corrected chi connectivity index (χ1v) is 35.0. The summed E-state index contributed by atoms with van der Waals surface area (Å²) in [4.78, 5) is 8.26. The summed E-state index contributed by atoms with van der Waals surface area (Å²) in [5, 5.41) is 16.3. The lowest BCUT2D eigenvalue weighted by Gasteiger charge is -2.50. The largest absolute Gasteiger partial charge is 0.334 e. The number of nitrogens with zero attached hydrogens (tertiary/aromatic N) is 3. The molecule has 13 aromatic rings. The highest BCUT2D eigenvalue weighted by atomic mass is 15.3. The van der Waals surface area contributed by atoms with Crippen LogP contribution in [0.5, 0.6) is 0 Å². The molecule has 454 valence electrons. The van der Waals surface area contributed by atoms with E-state index in [4.69, 9.17) is 0 Å². The molecule has 92 heavy (non-hydrogen) atoms. The van der Waals surface area contributed by atoms with Gasteiger partial charge in [0.1, 0.15) is 0 Å². The highest BCUT2D eigenvalue weighted by Gasteiger charge is 2.61. The lowest BCUT2D eigenvalue weighted by molar-refractivity contribution is 0.195. The zero-order valence-corrected chi connectivity index (χ0v) is 55.3. The van der Waals surface area contributed by atoms with Crippen LogP contribution in [0.25, 0.3) is 98.0 Å². The SMILES string of the molecule is Cc1cc(-c2ccc3c4cc5c(cc4c4cccc2c43)c2ccc(-c3cc(C)c4c(c3)C3(C)CCCCC3(C)N4c3ccccc3)c3c(-c4cc(C)c6c(c4)C4(C)CCCCC4(C)N6c4ccccc4)ccc5c32)cc2c1N(c1ccccc1)C1(C)CCCCC21C. The number of rotatable bonds is 6. The average molecular weight is 1190 g/mol. The van der Waals surface area contributed by atoms with Gasteiger partial charge in [0.15, 0.2) is 0 Å². The smallest absolute Gasteiger partial charge is 0.0518 e. The molecule has 3 aliphatic heterocycles. The monoisotopic (exact) mass is 1190 g/mol. The van der Waals surface area contributed by atoms with E-state index in [0.717, 1.165) is 0 Å². The van der Waals surface area contributed by atoms with E-state index < -0.39 is 0 Å². The van der Waals surface area contributed by atoms with Gasteiger partial charge in [-0.05, 0) is 296 Å². The molecule has 3 heteroatoms. The second-order valence-corrected chi connectivity index (χ2v) is 30.9. The predicted molar refractivity (Wildman–Crippen MR) is 393 cm³/mol. The van der Waals surface area contributed by atoms with Gasteiger partial charge in [-0.3, -0.25) is 0 Å². The van der Waals surface area contributed by atoms with Crippen molar-refractivity contribution < 1.29 is 0 Å². The molecule has 3 aliphatic carbocycles. The molecule has 0 radical (unpaired) electrons. The second-order valence-electron chi connectivity index (χ2n) is 30.9. The van der Waals surface area contributed by atoms with E-state index in [1.54, 1.807) is 0 Å². The van der Waals surface area contributed by atoms with Crippen molar-refractivity contribution in [1.29, 1.82) is 0 Å². The quantitative estimate of drug-likeness (QED) is 0.164. The molecule has 6 unspecified atom stereocenters. The fourth-order valence-electron chi connectivity index (χ4n) is 21.5. The molecule has 6 atom stereocenters. The maximum atomic E-state index is 2.76. The zero-order chi connectivity index (χ0) is 62.2. The van der Waals surface area contributed by atoms with Crippen molar-refractivity contribution in [2.45, 2.75) is 172 Å². The summed E-state index contributed by atoms with van der Waals surface area (Å²) in [5.41, 5.74) is 24.7. The third kappa shape index (κ3) is 6.78. The summed E-state index contributed by atoms with van der Waals surface area (Å²) in [6.45, 7) is 22.7. The summed E-state index contributed by atoms with van der Waals surface area (Å²) >= 11 is 0. The first-order chi connectivity index (χ1) is 44.6. The van der Waals surface area contributed by atoms with Crippen molar-refractivity contribution in [2.24, 2.45) is 0 Å². The summed E-state index contributed by atoms with van der Waals surface area (Å²) < 4.78 is 0. The zero-order valence-electron chi connectivity index (χ0n) is 55.3. The van der Waals surface area contributed by atoms with Crippen LogP contribution in [0.4, 0.5) is 34.1 Å². The molecule has 3 nitrogen and oxygen atoms in total. The molecule has 13 aromatic carbocycles. The standard InChI is InChI=1S/C89H83N3/c1-54-46-57(49-75-81(54)90(60-26-13-10-14-27-60)87(7)43-22-19-40-84(75,87)4)63-34-37-68-72-53-74-70-39-36-65(59-48-56(3)83-77(51-59)86(6)42-21-24-45-89(86,9)92(83)62-30-17-12-18-31-62)79-64(35-38-69(80(70)79)73(74)52-71(72)67-33-25-32-66(63)78(67)68)58-47-55(2)82-76(50-58)85(5)41-20-23-44-88(85,8)91(82)61-28-15-11-16-29-61/h10-18,25-39,46-53H,19-24,40-45H2,1-9H3. The van der Waals surface area contributed by atoms with E-state index in [0.29, 0.717) is 0 Å². The predicted octanol–water partition coefficient (Wildman–Crippen LogP) is 24.6. The maximum Gasteiger partial charge on any atom is 0.0518 e. The minimum atomic E-state index is -0.0426. The fraction of sp³-hybridized carbons (Fsp3) is 0.303. The Hall–Kier alpha value is -8.66. The van der Waals surface area contributed by atoms with Crippen LogP contribution in [0.15, 0.2) is 194 Å². The normalized spacial score (nSPS) is 25.8. The van der Waals surface area contributed by atoms with Gasteiger partial charge in [-0.2, -0.15) is 0 Å². The van der Waals surface area contributed by atoms with Crippen LogP contribution in [0.3, 0.4) is 0 Å². The molecule has 19 rings (SSSR count). The Kier molecular flexibility index (Phi) is 11.2. The minimum absolute atomic E-state index is 0.00209. The van der Waals surface area contributed by atoms with Crippen molar-refractivity contribution in [1.82, 2.24) is 0 Å². The van der Waals surface area contributed by atoms with Crippen LogP contribution < -0.4 is 14.7 Å². The molecule has 0 spiro atoms. The van der Waals surface area contributed by atoms with Gasteiger partial charge >= 0.3 is 0 Å². The van der Waals surface area contributed by atoms with Crippen molar-refractivity contribution >= 4 is 98.8 Å². The Morgan fingerprint density at radius 2 is 0.576 bits per heavy atom. The first-order valence-electron chi connectivity index (χ1n) is 35.0. The Morgan fingerprint density at radius 3 is 0.957 bits per heavy atom. The van der Waals surface area contributed by atoms with Crippen LogP contribution in [0.2, 0.25) is 0 Å². The maximum absolute atomic E-state index is 2.76. The number of hydrogen-bond donors (Lipinski definition) is 0. The van der Waals surface area contributed by atoms with Crippen LogP contribution in [-0.2, 0) is 16.2 Å². The number of anilines is 6. The van der Waals surface area contributed by atoms with Gasteiger partial charge in [0.2, 0.25) is 0 Å². The summed E-state index contributed by atoms with van der Waals surface area (Å²) in [7, 11) is 0. The van der Waals surface area contributed by atoms with Gasteiger partial charge in [0.25, 0.3) is 0 Å². The van der Waals surface area contributed by atoms with E-state index in [1.165, 1.54) is 243 Å². The molecular formula is C89H83N3. The van der Waals surface area contributed by atoms with Gasteiger partial charge in [0, 0.05) is 50.4 Å². The number of benzene rings is 11. The van der Waals surface area contributed by atoms with Crippen molar-refractivity contribution in [3.8, 4) is 33.4 Å². The Bertz CT molecular complexity index is 5060. The number of fused-ring (bicyclic) bond motifs is 15. The van der Waals surface area contributed by atoms with Crippen LogP contribution >= 0.6 is 0 Å². The Balaban J connectivity index is 0.831. The third-order valence-corrected chi connectivity index (χ3v) is 26.7. The highest BCUT2D eigenvalue weighted by Crippen LogP contribution is 2.66. The van der Waals surface area contributed by atoms with Crippen LogP contribution in [-0.4, -0.2) is 16.6 Å². The minimum Gasteiger partial charge on any atom is -0.334 e. The van der Waals surface area contributed by atoms with E-state index in [9.17, 15) is 0 Å². The molecular weight excluding hydrogens is 1110 g/mol. The van der Waals surface area contributed by atoms with Gasteiger partial charge in [-0.25, -0.2) is 0 Å². The lowest BCUT2D eigenvalue weighted by atomic mass is 9.61. The highest BCUT2D eigenvalue weighted by molar-refractivity contribution is 6.39. The molecule has 6 aliphatic rings. The molecule has 3 saturated carbocycles. The van der Waals surface area contributed by atoms with Gasteiger partial charge in [-0.15, -0.1) is 0 Å². The summed E-state index contributed by atoms with van der Waals surface area (Å²) in [6, 6.07) is 76.8. The molecule has 3 heterocycles. The van der Waals surface area contributed by atoms with Crippen LogP contribution in [0, 0.1) is 20.8 Å². The van der Waals surface area contributed by atoms with Crippen molar-refractivity contribution in [3.05, 3.63) is 228 Å². The topological polar surface area (TPSA) is 9.72 Å². The van der Waals surface area contributed by atoms with Gasteiger partial charge in [-0.1, -0.05) is 168 Å². The molecule has 0 amide bonds. The molecule has 0 saturated heterocycles. The van der Waals surface area contributed by atoms with E-state index in [-0.39, 0.29) is 32.9 Å². The second kappa shape index (κ2) is 18.8. The Labute approximate surface area is 543 Å². The fourth-order valence-corrected chi connectivity index (χ4v) is 21.5. The van der Waals surface area contributed by atoms with Crippen molar-refractivity contribution in [3.63, 3.8) is 0 Å². The van der Waals surface area contributed by atoms with Gasteiger partial charge < -0.3 is 14.7 Å². The molecule has 3 fully saturated rings. The Morgan fingerprint density at radius 1 is 0.261 bits per heavy atom. The van der Waals surface area contributed by atoms with Gasteiger partial charge in [0.05, 0.1) is 16.6 Å². The average Bonchev–Trinajstić information content (AvgIpc) is 1.54. The number of aryl methyl sites for hydroxylation is 3. The molecule has 0 aromatic heterocycles. The number of hydrogen-bond acceptors (Lipinski definition) is 3. The first kappa shape index (κ1) is 55.0. The summed E-state index contributed by atoms with van der Waals surface area (Å²) in [6.07, 6.45) is 14.7.